The third-order valence-corrected chi connectivity index (χ3v) is 4.87. The topological polar surface area (TPSA) is 51.0 Å². The molecule has 1 aliphatic carbocycles. The summed E-state index contributed by atoms with van der Waals surface area (Å²) in [7, 11) is 0. The lowest BCUT2D eigenvalue weighted by Crippen LogP contribution is -2.42. The van der Waals surface area contributed by atoms with Crippen molar-refractivity contribution in [3.05, 3.63) is 6.33 Å². The maximum Gasteiger partial charge on any atom is 0.233 e. The van der Waals surface area contributed by atoms with Crippen LogP contribution in [0.1, 0.15) is 45.1 Å². The van der Waals surface area contributed by atoms with Gasteiger partial charge in [0.1, 0.15) is 6.33 Å². The molecule has 104 valence electrons. The number of carbonyl (C=O) groups is 1. The van der Waals surface area contributed by atoms with Gasteiger partial charge in [0.25, 0.3) is 0 Å². The number of hydrogen-bond acceptors (Lipinski definition) is 4. The molecule has 0 radical (unpaired) electrons. The Kier molecular flexibility index (Phi) is 3.77. The third-order valence-electron chi connectivity index (χ3n) is 3.93. The van der Waals surface area contributed by atoms with Crippen LogP contribution in [-0.4, -0.2) is 43.9 Å². The Morgan fingerprint density at radius 1 is 1.42 bits per heavy atom. The largest absolute Gasteiger partial charge is 0.339 e. The van der Waals surface area contributed by atoms with Crippen molar-refractivity contribution in [3.8, 4) is 0 Å². The minimum Gasteiger partial charge on any atom is -0.339 e. The molecule has 1 aliphatic heterocycles. The number of amides is 1. The van der Waals surface area contributed by atoms with Crippen LogP contribution in [-0.2, 0) is 4.79 Å². The quantitative estimate of drug-likeness (QED) is 0.793. The van der Waals surface area contributed by atoms with Crippen LogP contribution < -0.4 is 0 Å². The molecule has 0 aromatic carbocycles. The zero-order chi connectivity index (χ0) is 13.2. The van der Waals surface area contributed by atoms with Crippen LogP contribution in [0, 0.1) is 0 Å². The molecule has 1 atom stereocenters. The summed E-state index contributed by atoms with van der Waals surface area (Å²) in [6, 6.07) is 0.963. The van der Waals surface area contributed by atoms with Gasteiger partial charge < -0.3 is 9.47 Å². The smallest absolute Gasteiger partial charge is 0.233 e. The van der Waals surface area contributed by atoms with Gasteiger partial charge in [0, 0.05) is 18.6 Å². The molecule has 0 spiro atoms. The van der Waals surface area contributed by atoms with Gasteiger partial charge in [-0.2, -0.15) is 0 Å². The summed E-state index contributed by atoms with van der Waals surface area (Å²) in [6.07, 6.45) is 7.72. The van der Waals surface area contributed by atoms with Crippen molar-refractivity contribution in [2.75, 3.05) is 12.3 Å². The number of carbonyl (C=O) groups excluding carboxylic acids is 1. The number of thioether (sulfide) groups is 1. The molecule has 1 amide bonds. The summed E-state index contributed by atoms with van der Waals surface area (Å²) in [5, 5.41) is 8.96. The molecule has 1 unspecified atom stereocenters. The van der Waals surface area contributed by atoms with Crippen LogP contribution in [0.15, 0.2) is 11.5 Å². The third kappa shape index (κ3) is 2.94. The van der Waals surface area contributed by atoms with Crippen molar-refractivity contribution < 1.29 is 4.79 Å². The molecule has 0 bridgehead atoms. The molecule has 1 saturated heterocycles. The fraction of sp³-hybridized carbons (Fsp3) is 0.769. The van der Waals surface area contributed by atoms with Gasteiger partial charge in [-0.15, -0.1) is 10.2 Å². The van der Waals surface area contributed by atoms with E-state index in [9.17, 15) is 4.79 Å². The van der Waals surface area contributed by atoms with Crippen molar-refractivity contribution in [2.24, 2.45) is 0 Å². The summed E-state index contributed by atoms with van der Waals surface area (Å²) in [5.74, 6) is 0.720. The zero-order valence-corrected chi connectivity index (χ0v) is 12.1. The molecule has 5 nitrogen and oxygen atoms in total. The molecular weight excluding hydrogens is 260 g/mol. The van der Waals surface area contributed by atoms with Gasteiger partial charge in [-0.25, -0.2) is 0 Å². The van der Waals surface area contributed by atoms with E-state index >= 15 is 0 Å². The molecule has 19 heavy (non-hydrogen) atoms. The lowest BCUT2D eigenvalue weighted by atomic mass is 10.0. The molecule has 1 aromatic rings. The summed E-state index contributed by atoms with van der Waals surface area (Å²) >= 11 is 1.52. The molecule has 0 N–H and O–H groups in total. The fourth-order valence-electron chi connectivity index (χ4n) is 2.62. The number of piperidine rings is 1. The minimum atomic E-state index is 0.238. The lowest BCUT2D eigenvalue weighted by molar-refractivity contribution is -0.131. The van der Waals surface area contributed by atoms with E-state index in [2.05, 4.69) is 21.7 Å². The Bertz CT molecular complexity index is 457. The Morgan fingerprint density at radius 2 is 2.26 bits per heavy atom. The maximum absolute atomic E-state index is 12.2. The summed E-state index contributed by atoms with van der Waals surface area (Å²) in [4.78, 5) is 14.3. The van der Waals surface area contributed by atoms with E-state index in [1.54, 1.807) is 6.33 Å². The first kappa shape index (κ1) is 13.0. The first-order valence-corrected chi connectivity index (χ1v) is 8.06. The second-order valence-corrected chi connectivity index (χ2v) is 6.42. The molecule has 3 rings (SSSR count). The van der Waals surface area contributed by atoms with E-state index in [1.165, 1.54) is 31.0 Å². The van der Waals surface area contributed by atoms with Gasteiger partial charge in [-0.05, 0) is 39.0 Å². The second-order valence-electron chi connectivity index (χ2n) is 5.47. The highest BCUT2D eigenvalue weighted by Crippen LogP contribution is 2.37. The van der Waals surface area contributed by atoms with Crippen molar-refractivity contribution in [3.63, 3.8) is 0 Å². The van der Waals surface area contributed by atoms with Crippen LogP contribution in [0.2, 0.25) is 0 Å². The summed E-state index contributed by atoms with van der Waals surface area (Å²) in [6.45, 7) is 3.06. The van der Waals surface area contributed by atoms with Crippen LogP contribution in [0.25, 0.3) is 0 Å². The van der Waals surface area contributed by atoms with Crippen molar-refractivity contribution in [1.82, 2.24) is 19.7 Å². The maximum atomic E-state index is 12.2. The molecule has 2 aliphatic rings. The van der Waals surface area contributed by atoms with E-state index in [1.807, 2.05) is 4.90 Å². The summed E-state index contributed by atoms with van der Waals surface area (Å²) < 4.78 is 2.11. The van der Waals surface area contributed by atoms with E-state index < -0.39 is 0 Å². The van der Waals surface area contributed by atoms with Crippen LogP contribution >= 0.6 is 11.8 Å². The fourth-order valence-corrected chi connectivity index (χ4v) is 3.48. The monoisotopic (exact) mass is 280 g/mol. The van der Waals surface area contributed by atoms with E-state index in [0.29, 0.717) is 17.8 Å². The van der Waals surface area contributed by atoms with E-state index in [4.69, 9.17) is 0 Å². The number of aromatic nitrogens is 3. The molecule has 2 fully saturated rings. The van der Waals surface area contributed by atoms with Crippen LogP contribution in [0.4, 0.5) is 0 Å². The zero-order valence-electron chi connectivity index (χ0n) is 11.3. The van der Waals surface area contributed by atoms with Gasteiger partial charge in [0.05, 0.1) is 5.75 Å². The van der Waals surface area contributed by atoms with Crippen molar-refractivity contribution >= 4 is 17.7 Å². The SMILES string of the molecule is CC1CCCCN1C(=O)CSc1nncn1C1CC1. The van der Waals surface area contributed by atoms with Crippen molar-refractivity contribution in [1.29, 1.82) is 0 Å². The van der Waals surface area contributed by atoms with E-state index in [-0.39, 0.29) is 5.91 Å². The average Bonchev–Trinajstić information content (AvgIpc) is 3.15. The molecule has 2 heterocycles. The van der Waals surface area contributed by atoms with Crippen LogP contribution in [0.3, 0.4) is 0 Å². The highest BCUT2D eigenvalue weighted by Gasteiger charge is 2.27. The van der Waals surface area contributed by atoms with Gasteiger partial charge in [0.2, 0.25) is 5.91 Å². The standard InChI is InChI=1S/C13H20N4OS/c1-10-4-2-3-7-16(10)12(18)8-19-13-15-14-9-17(13)11-5-6-11/h9-11H,2-8H2,1H3. The molecule has 6 heteroatoms. The average molecular weight is 280 g/mol. The normalized spacial score (nSPS) is 23.6. The molecule has 1 saturated carbocycles. The van der Waals surface area contributed by atoms with Gasteiger partial charge in [-0.3, -0.25) is 4.79 Å². The Hall–Kier alpha value is -1.04. The Morgan fingerprint density at radius 3 is 3.00 bits per heavy atom. The number of rotatable bonds is 4. The minimum absolute atomic E-state index is 0.238. The highest BCUT2D eigenvalue weighted by atomic mass is 32.2. The molecule has 1 aromatic heterocycles. The van der Waals surface area contributed by atoms with Gasteiger partial charge >= 0.3 is 0 Å². The predicted octanol–water partition coefficient (Wildman–Crippen LogP) is 2.11. The van der Waals surface area contributed by atoms with Crippen molar-refractivity contribution in [2.45, 2.75) is 56.3 Å². The number of likely N-dealkylation sites (tertiary alicyclic amines) is 1. The van der Waals surface area contributed by atoms with Gasteiger partial charge in [-0.1, -0.05) is 11.8 Å². The summed E-state index contributed by atoms with van der Waals surface area (Å²) in [5.41, 5.74) is 0. The first-order valence-electron chi connectivity index (χ1n) is 7.07. The van der Waals surface area contributed by atoms with E-state index in [0.717, 1.165) is 24.5 Å². The predicted molar refractivity (Wildman–Crippen MR) is 74.0 cm³/mol. The lowest BCUT2D eigenvalue weighted by Gasteiger charge is -2.33. The second kappa shape index (κ2) is 5.53. The highest BCUT2D eigenvalue weighted by molar-refractivity contribution is 7.99. The van der Waals surface area contributed by atoms with Gasteiger partial charge in [0.15, 0.2) is 5.16 Å². The first-order chi connectivity index (χ1) is 9.25. The number of hydrogen-bond donors (Lipinski definition) is 0. The molecular formula is C13H20N4OS. The number of nitrogens with zero attached hydrogens (tertiary/aromatic N) is 4. The van der Waals surface area contributed by atoms with Crippen LogP contribution in [0.5, 0.6) is 0 Å². The Balaban J connectivity index is 1.56. The Labute approximate surface area is 117 Å².